The van der Waals surface area contributed by atoms with E-state index in [1.807, 2.05) is 0 Å². The van der Waals surface area contributed by atoms with Gasteiger partial charge in [-0.1, -0.05) is 31.2 Å². The first kappa shape index (κ1) is 53.0. The third-order valence-corrected chi connectivity index (χ3v) is 9.81. The lowest BCUT2D eigenvalue weighted by atomic mass is 10.0. The zero-order valence-electron chi connectivity index (χ0n) is 35.4. The number of carbonyl (C=O) groups is 7. The van der Waals surface area contributed by atoms with Crippen LogP contribution in [0, 0.1) is 0 Å². The average Bonchev–Trinajstić information content (AvgIpc) is 3.24. The number of phenols is 2. The molecule has 0 aliphatic carbocycles. The molecule has 0 saturated heterocycles. The van der Waals surface area contributed by atoms with Gasteiger partial charge in [-0.25, -0.2) is 4.79 Å². The van der Waals surface area contributed by atoms with Crippen LogP contribution in [0.3, 0.4) is 0 Å². The van der Waals surface area contributed by atoms with E-state index in [4.69, 9.17) is 33.4 Å². The Morgan fingerprint density at radius 2 is 1.13 bits per heavy atom. The van der Waals surface area contributed by atoms with E-state index >= 15 is 0 Å². The van der Waals surface area contributed by atoms with Gasteiger partial charge in [0, 0.05) is 31.6 Å². The second-order valence-corrected chi connectivity index (χ2v) is 15.1. The highest BCUT2D eigenvalue weighted by molar-refractivity contribution is 7.80. The number of aliphatic imine (C=N–C) groups is 1. The van der Waals surface area contributed by atoms with Crippen LogP contribution in [0.1, 0.15) is 69.4 Å². The SMILES string of the molecule is CCCOC(=O)[C@H](CCCCN)NC(=O)[C@H](CCC(N)=O)NC(=O)[C@H](Cc1ccc(O)cc1)NC(=O)[C@H](CS)NC(=O)[C@H](Cc1ccc(O)cc1)NC(=O)[C@@H](N)CCCN=C(N)N. The van der Waals surface area contributed by atoms with Gasteiger partial charge in [0.15, 0.2) is 5.96 Å². The van der Waals surface area contributed by atoms with Crippen LogP contribution in [-0.4, -0.2) is 119 Å². The third kappa shape index (κ3) is 20.5. The number of phenolic OH excluding ortho intramolecular Hbond substituents is 2. The Kier molecular flexibility index (Phi) is 24.0. The second kappa shape index (κ2) is 28.5. The molecule has 2 aromatic rings. The molecule has 2 rings (SSSR count). The Morgan fingerprint density at radius 1 is 0.651 bits per heavy atom. The lowest BCUT2D eigenvalue weighted by Gasteiger charge is -2.27. The minimum Gasteiger partial charge on any atom is -0.508 e. The van der Waals surface area contributed by atoms with Crippen molar-refractivity contribution in [2.45, 2.75) is 107 Å². The van der Waals surface area contributed by atoms with Crippen LogP contribution in [0.5, 0.6) is 11.5 Å². The van der Waals surface area contributed by atoms with Crippen LogP contribution in [-0.2, 0) is 51.1 Å². The Bertz CT molecular complexity index is 1830. The monoisotopic (exact) mass is 901 g/mol. The van der Waals surface area contributed by atoms with Crippen LogP contribution in [0.15, 0.2) is 53.5 Å². The van der Waals surface area contributed by atoms with Gasteiger partial charge < -0.3 is 70.2 Å². The summed E-state index contributed by atoms with van der Waals surface area (Å²) in [7, 11) is 0. The van der Waals surface area contributed by atoms with Crippen LogP contribution in [0.2, 0.25) is 0 Å². The molecule has 0 aromatic heterocycles. The van der Waals surface area contributed by atoms with Gasteiger partial charge in [-0.2, -0.15) is 12.6 Å². The summed E-state index contributed by atoms with van der Waals surface area (Å²) in [6.45, 7) is 2.49. The molecular weight excluding hydrogens is 839 g/mol. The van der Waals surface area contributed by atoms with Gasteiger partial charge >= 0.3 is 5.97 Å². The van der Waals surface area contributed by atoms with Crippen molar-refractivity contribution in [3.05, 3.63) is 59.7 Å². The highest BCUT2D eigenvalue weighted by Crippen LogP contribution is 2.14. The van der Waals surface area contributed by atoms with Crippen LogP contribution in [0.25, 0.3) is 0 Å². The molecule has 2 aromatic carbocycles. The zero-order chi connectivity index (χ0) is 46.9. The second-order valence-electron chi connectivity index (χ2n) is 14.7. The van der Waals surface area contributed by atoms with E-state index in [9.17, 15) is 43.8 Å². The molecular formula is C41H63N11O10S. The molecule has 0 aliphatic heterocycles. The Morgan fingerprint density at radius 3 is 1.62 bits per heavy atom. The highest BCUT2D eigenvalue weighted by atomic mass is 32.1. The van der Waals surface area contributed by atoms with E-state index in [-0.39, 0.29) is 74.9 Å². The van der Waals surface area contributed by atoms with Gasteiger partial charge in [-0.3, -0.25) is 33.8 Å². The number of unbranched alkanes of at least 4 members (excludes halogenated alkanes) is 1. The highest BCUT2D eigenvalue weighted by Gasteiger charge is 2.33. The number of nitrogens with one attached hydrogen (secondary N) is 5. The average molecular weight is 902 g/mol. The first-order valence-electron chi connectivity index (χ1n) is 20.6. The van der Waals surface area contributed by atoms with Gasteiger partial charge in [0.1, 0.15) is 41.7 Å². The molecule has 6 atom stereocenters. The number of hydrogen-bond donors (Lipinski definition) is 13. The lowest BCUT2D eigenvalue weighted by molar-refractivity contribution is -0.148. The van der Waals surface area contributed by atoms with Gasteiger partial charge in [0.05, 0.1) is 12.6 Å². The fourth-order valence-corrected chi connectivity index (χ4v) is 6.22. The molecule has 6 amide bonds. The number of thiol groups is 1. The molecule has 0 radical (unpaired) electrons. The third-order valence-electron chi connectivity index (χ3n) is 9.45. The Hall–Kier alpha value is -6.13. The van der Waals surface area contributed by atoms with Crippen molar-refractivity contribution in [3.8, 4) is 11.5 Å². The Labute approximate surface area is 371 Å². The van der Waals surface area contributed by atoms with Crippen LogP contribution >= 0.6 is 12.6 Å². The van der Waals surface area contributed by atoms with E-state index < -0.39 is 77.7 Å². The normalized spacial score (nSPS) is 13.7. The number of aromatic hydroxyl groups is 2. The van der Waals surface area contributed by atoms with Gasteiger partial charge in [-0.05, 0) is 86.9 Å². The summed E-state index contributed by atoms with van der Waals surface area (Å²) >= 11 is 4.28. The van der Waals surface area contributed by atoms with E-state index in [0.29, 0.717) is 43.4 Å². The molecule has 0 spiro atoms. The number of primary amides is 1. The van der Waals surface area contributed by atoms with E-state index in [0.717, 1.165) is 0 Å². The number of guanidine groups is 1. The summed E-state index contributed by atoms with van der Waals surface area (Å²) in [5.41, 5.74) is 28.8. The van der Waals surface area contributed by atoms with Crippen molar-refractivity contribution >= 4 is 60.0 Å². The lowest BCUT2D eigenvalue weighted by Crippen LogP contribution is -2.60. The molecule has 22 heteroatoms. The van der Waals surface area contributed by atoms with Crippen molar-refractivity contribution in [1.82, 2.24) is 26.6 Å². The van der Waals surface area contributed by atoms with E-state index in [1.165, 1.54) is 36.4 Å². The molecule has 63 heavy (non-hydrogen) atoms. The fraction of sp³-hybridized carbons (Fsp3) is 0.512. The topological polar surface area (TPSA) is 372 Å². The van der Waals surface area contributed by atoms with Gasteiger partial charge in [0.2, 0.25) is 35.4 Å². The van der Waals surface area contributed by atoms with Crippen molar-refractivity contribution < 1.29 is 48.5 Å². The van der Waals surface area contributed by atoms with Crippen LogP contribution in [0.4, 0.5) is 0 Å². The summed E-state index contributed by atoms with van der Waals surface area (Å²) in [5.74, 6) is -6.01. The maximum Gasteiger partial charge on any atom is 0.328 e. The summed E-state index contributed by atoms with van der Waals surface area (Å²) in [6.07, 6.45) is 1.44. The first-order valence-corrected chi connectivity index (χ1v) is 21.3. The number of rotatable bonds is 29. The van der Waals surface area contributed by atoms with Crippen molar-refractivity contribution in [2.24, 2.45) is 33.7 Å². The number of nitrogens with two attached hydrogens (primary N) is 5. The molecule has 0 aliphatic rings. The number of hydrogen-bond acceptors (Lipinski definition) is 14. The Balaban J connectivity index is 2.38. The van der Waals surface area contributed by atoms with E-state index in [1.54, 1.807) is 19.1 Å². The number of esters is 1. The summed E-state index contributed by atoms with van der Waals surface area (Å²) < 4.78 is 5.27. The summed E-state index contributed by atoms with van der Waals surface area (Å²) in [5, 5.41) is 32.6. The quantitative estimate of drug-likeness (QED) is 0.0138. The first-order chi connectivity index (χ1) is 30.0. The van der Waals surface area contributed by atoms with Gasteiger partial charge in [0.25, 0.3) is 0 Å². The molecule has 17 N–H and O–H groups in total. The summed E-state index contributed by atoms with van der Waals surface area (Å²) in [4.78, 5) is 97.3. The minimum atomic E-state index is -1.43. The fourth-order valence-electron chi connectivity index (χ4n) is 5.97. The molecule has 0 heterocycles. The molecule has 0 bridgehead atoms. The standard InChI is InChI=1S/C41H63N11O10S/c1-2-20-62-40(61)30(7-3-4-18-42)49-36(57)29(16-17-34(44)55)48-37(58)32(22-25-10-14-27(54)15-11-25)51-39(60)33(23-63)52-38(59)31(21-24-8-12-26(53)13-9-24)50-35(56)28(43)6-5-19-47-41(45)46/h8-15,28-33,53-54,63H,2-7,16-23,42-43H2,1H3,(H2,44,55)(H,48,58)(H,49,57)(H,50,56)(H,51,60)(H,52,59)(H4,45,46,47)/t28-,29-,30-,31-,32-,33-/m0/s1. The maximum atomic E-state index is 14.1. The van der Waals surface area contributed by atoms with Crippen molar-refractivity contribution in [1.29, 1.82) is 0 Å². The predicted octanol–water partition coefficient (Wildman–Crippen LogP) is -2.03. The van der Waals surface area contributed by atoms with Crippen molar-refractivity contribution in [2.75, 3.05) is 25.4 Å². The molecule has 0 unspecified atom stereocenters. The largest absolute Gasteiger partial charge is 0.508 e. The zero-order valence-corrected chi connectivity index (χ0v) is 36.3. The molecule has 0 fully saturated rings. The summed E-state index contributed by atoms with van der Waals surface area (Å²) in [6, 6.07) is 3.99. The number of carbonyl (C=O) groups excluding carboxylic acids is 7. The smallest absolute Gasteiger partial charge is 0.328 e. The number of amides is 6. The molecule has 21 nitrogen and oxygen atoms in total. The van der Waals surface area contributed by atoms with E-state index in [2.05, 4.69) is 44.2 Å². The van der Waals surface area contributed by atoms with Gasteiger partial charge in [-0.15, -0.1) is 0 Å². The number of nitrogens with zero attached hydrogens (tertiary/aromatic N) is 1. The number of benzene rings is 2. The maximum absolute atomic E-state index is 14.1. The minimum absolute atomic E-state index is 0.0289. The molecule has 0 saturated carbocycles. The molecule has 348 valence electrons. The predicted molar refractivity (Wildman–Crippen MR) is 238 cm³/mol. The van der Waals surface area contributed by atoms with Crippen molar-refractivity contribution in [3.63, 3.8) is 0 Å². The number of ether oxygens (including phenoxy) is 1. The van der Waals surface area contributed by atoms with Crippen LogP contribution < -0.4 is 55.3 Å².